The Labute approximate surface area is 177 Å². The quantitative estimate of drug-likeness (QED) is 0.841. The van der Waals surface area contributed by atoms with E-state index >= 15 is 0 Å². The second-order valence-corrected chi connectivity index (χ2v) is 8.87. The second-order valence-electron chi connectivity index (χ2n) is 8.87. The highest BCUT2D eigenvalue weighted by Gasteiger charge is 2.30. The Balaban J connectivity index is 1.78. The summed E-state index contributed by atoms with van der Waals surface area (Å²) in [6.45, 7) is 8.12. The Kier molecular flexibility index (Phi) is 5.97. The summed E-state index contributed by atoms with van der Waals surface area (Å²) >= 11 is 0. The third-order valence-corrected chi connectivity index (χ3v) is 5.34. The molecule has 0 fully saturated rings. The number of hydrogen-bond acceptors (Lipinski definition) is 3. The molecule has 1 atom stereocenters. The number of anilines is 2. The number of para-hydroxylation sites is 2. The zero-order chi connectivity index (χ0) is 22.1. The van der Waals surface area contributed by atoms with Crippen molar-refractivity contribution in [2.24, 2.45) is 0 Å². The number of hydrogen-bond donors (Lipinski definition) is 1. The number of fused-ring (bicyclic) bond motifs is 1. The summed E-state index contributed by atoms with van der Waals surface area (Å²) in [7, 11) is 1.62. The minimum absolute atomic E-state index is 0.00517. The monoisotopic (exact) mass is 407 g/mol. The first-order chi connectivity index (χ1) is 14.1. The van der Waals surface area contributed by atoms with Gasteiger partial charge in [0.1, 0.15) is 6.54 Å². The zero-order valence-corrected chi connectivity index (χ0v) is 18.2. The average Bonchev–Trinajstić information content (AvgIpc) is 2.80. The van der Waals surface area contributed by atoms with E-state index < -0.39 is 0 Å². The molecule has 1 aliphatic rings. The fraction of sp³-hybridized carbons (Fsp3) is 0.375. The zero-order valence-electron chi connectivity index (χ0n) is 18.2. The standard InChI is InChI=1S/C24H29N3O3/c1-16-14-21(28)25-19-8-6-7-9-20(19)27(16)22(29)15-26(5)23(30)17-10-12-18(13-11-17)24(2,3)4/h6-13,16H,14-15H2,1-5H3,(H,25,28)/t16-/m0/s1. The molecule has 2 aromatic carbocycles. The van der Waals surface area contributed by atoms with Crippen molar-refractivity contribution in [3.63, 3.8) is 0 Å². The van der Waals surface area contributed by atoms with E-state index in [4.69, 9.17) is 0 Å². The SMILES string of the molecule is C[C@H]1CC(=O)Nc2ccccc2N1C(=O)CN(C)C(=O)c1ccc(C(C)(C)C)cc1. The van der Waals surface area contributed by atoms with Crippen LogP contribution in [0.25, 0.3) is 0 Å². The molecule has 0 spiro atoms. The average molecular weight is 408 g/mol. The molecular formula is C24H29N3O3. The van der Waals surface area contributed by atoms with E-state index in [2.05, 4.69) is 26.1 Å². The van der Waals surface area contributed by atoms with Crippen molar-refractivity contribution in [2.75, 3.05) is 23.8 Å². The van der Waals surface area contributed by atoms with Crippen LogP contribution in [0.2, 0.25) is 0 Å². The van der Waals surface area contributed by atoms with E-state index in [1.54, 1.807) is 30.1 Å². The smallest absolute Gasteiger partial charge is 0.254 e. The van der Waals surface area contributed by atoms with Crippen LogP contribution in [0.1, 0.15) is 50.0 Å². The van der Waals surface area contributed by atoms with Crippen LogP contribution in [0.5, 0.6) is 0 Å². The molecule has 1 aliphatic heterocycles. The van der Waals surface area contributed by atoms with Gasteiger partial charge in [-0.2, -0.15) is 0 Å². The fourth-order valence-corrected chi connectivity index (χ4v) is 3.65. The van der Waals surface area contributed by atoms with Crippen LogP contribution in [0.3, 0.4) is 0 Å². The van der Waals surface area contributed by atoms with E-state index in [0.29, 0.717) is 16.9 Å². The molecule has 1 heterocycles. The molecule has 0 radical (unpaired) electrons. The number of likely N-dealkylation sites (N-methyl/N-ethyl adjacent to an activating group) is 1. The van der Waals surface area contributed by atoms with Crippen molar-refractivity contribution in [1.29, 1.82) is 0 Å². The predicted octanol–water partition coefficient (Wildman–Crippen LogP) is 3.82. The Hall–Kier alpha value is -3.15. The highest BCUT2D eigenvalue weighted by molar-refractivity contribution is 6.06. The van der Waals surface area contributed by atoms with Crippen molar-refractivity contribution < 1.29 is 14.4 Å². The van der Waals surface area contributed by atoms with E-state index in [1.165, 1.54) is 4.90 Å². The summed E-state index contributed by atoms with van der Waals surface area (Å²) in [6, 6.07) is 14.4. The normalized spacial score (nSPS) is 16.4. The molecule has 6 heteroatoms. The molecule has 0 saturated carbocycles. The first-order valence-electron chi connectivity index (χ1n) is 10.1. The van der Waals surface area contributed by atoms with Gasteiger partial charge in [0.05, 0.1) is 11.4 Å². The maximum atomic E-state index is 13.2. The summed E-state index contributed by atoms with van der Waals surface area (Å²) < 4.78 is 0. The molecular weight excluding hydrogens is 378 g/mol. The number of benzene rings is 2. The highest BCUT2D eigenvalue weighted by Crippen LogP contribution is 2.31. The Morgan fingerprint density at radius 3 is 2.37 bits per heavy atom. The van der Waals surface area contributed by atoms with E-state index in [0.717, 1.165) is 5.56 Å². The Bertz CT molecular complexity index is 960. The predicted molar refractivity (Wildman–Crippen MR) is 119 cm³/mol. The van der Waals surface area contributed by atoms with E-state index in [9.17, 15) is 14.4 Å². The Morgan fingerprint density at radius 2 is 1.73 bits per heavy atom. The van der Waals surface area contributed by atoms with Crippen LogP contribution in [-0.4, -0.2) is 42.3 Å². The van der Waals surface area contributed by atoms with Gasteiger partial charge < -0.3 is 15.1 Å². The fourth-order valence-electron chi connectivity index (χ4n) is 3.65. The van der Waals surface area contributed by atoms with Crippen LogP contribution in [-0.2, 0) is 15.0 Å². The van der Waals surface area contributed by atoms with Gasteiger partial charge in [-0.15, -0.1) is 0 Å². The van der Waals surface area contributed by atoms with Gasteiger partial charge in [-0.1, -0.05) is 45.0 Å². The van der Waals surface area contributed by atoms with Crippen molar-refractivity contribution >= 4 is 29.1 Å². The first-order valence-corrected chi connectivity index (χ1v) is 10.1. The summed E-state index contributed by atoms with van der Waals surface area (Å²) in [4.78, 5) is 41.2. The number of carbonyl (C=O) groups is 3. The number of nitrogens with one attached hydrogen (secondary N) is 1. The number of nitrogens with zero attached hydrogens (tertiary/aromatic N) is 2. The van der Waals surface area contributed by atoms with E-state index in [-0.39, 0.29) is 42.1 Å². The van der Waals surface area contributed by atoms with Crippen LogP contribution in [0.15, 0.2) is 48.5 Å². The summed E-state index contributed by atoms with van der Waals surface area (Å²) in [5.74, 6) is -0.573. The highest BCUT2D eigenvalue weighted by atomic mass is 16.2. The lowest BCUT2D eigenvalue weighted by molar-refractivity contribution is -0.119. The third-order valence-electron chi connectivity index (χ3n) is 5.34. The van der Waals surface area contributed by atoms with Gasteiger partial charge in [-0.25, -0.2) is 0 Å². The van der Waals surface area contributed by atoms with Crippen LogP contribution in [0.4, 0.5) is 11.4 Å². The summed E-state index contributed by atoms with van der Waals surface area (Å²) in [6.07, 6.45) is 0.201. The van der Waals surface area contributed by atoms with Crippen molar-refractivity contribution in [3.8, 4) is 0 Å². The van der Waals surface area contributed by atoms with Crippen molar-refractivity contribution in [3.05, 3.63) is 59.7 Å². The molecule has 2 aromatic rings. The van der Waals surface area contributed by atoms with Crippen LogP contribution >= 0.6 is 0 Å². The lowest BCUT2D eigenvalue weighted by Crippen LogP contribution is -2.45. The molecule has 0 bridgehead atoms. The van der Waals surface area contributed by atoms with Crippen molar-refractivity contribution in [2.45, 2.75) is 45.6 Å². The van der Waals surface area contributed by atoms with Gasteiger partial charge in [0.15, 0.2) is 0 Å². The van der Waals surface area contributed by atoms with Gasteiger partial charge in [0, 0.05) is 25.1 Å². The number of carbonyl (C=O) groups excluding carboxylic acids is 3. The number of amides is 3. The first kappa shape index (κ1) is 21.6. The third kappa shape index (κ3) is 4.53. The molecule has 0 aliphatic carbocycles. The maximum Gasteiger partial charge on any atom is 0.254 e. The summed E-state index contributed by atoms with van der Waals surface area (Å²) in [5.41, 5.74) is 2.94. The minimum atomic E-state index is -0.310. The molecule has 0 saturated heterocycles. The van der Waals surface area contributed by atoms with Gasteiger partial charge in [-0.05, 0) is 42.2 Å². The van der Waals surface area contributed by atoms with Gasteiger partial charge in [0.25, 0.3) is 5.91 Å². The van der Waals surface area contributed by atoms with Gasteiger partial charge in [0.2, 0.25) is 11.8 Å². The van der Waals surface area contributed by atoms with Crippen LogP contribution in [0, 0.1) is 0 Å². The van der Waals surface area contributed by atoms with Crippen molar-refractivity contribution in [1.82, 2.24) is 4.90 Å². The molecule has 0 unspecified atom stereocenters. The molecule has 6 nitrogen and oxygen atoms in total. The molecule has 1 N–H and O–H groups in total. The largest absolute Gasteiger partial charge is 0.332 e. The van der Waals surface area contributed by atoms with Crippen LogP contribution < -0.4 is 10.2 Å². The number of rotatable bonds is 3. The molecule has 158 valence electrons. The minimum Gasteiger partial charge on any atom is -0.332 e. The molecule has 30 heavy (non-hydrogen) atoms. The lowest BCUT2D eigenvalue weighted by atomic mass is 9.86. The second kappa shape index (κ2) is 8.30. The Morgan fingerprint density at radius 1 is 1.10 bits per heavy atom. The van der Waals surface area contributed by atoms with Gasteiger partial charge >= 0.3 is 0 Å². The molecule has 3 rings (SSSR count). The van der Waals surface area contributed by atoms with Gasteiger partial charge in [-0.3, -0.25) is 14.4 Å². The summed E-state index contributed by atoms with van der Waals surface area (Å²) in [5, 5.41) is 2.84. The molecule has 3 amide bonds. The molecule has 0 aromatic heterocycles. The maximum absolute atomic E-state index is 13.2. The van der Waals surface area contributed by atoms with E-state index in [1.807, 2.05) is 37.3 Å². The topological polar surface area (TPSA) is 69.7 Å². The lowest BCUT2D eigenvalue weighted by Gasteiger charge is -2.29.